The van der Waals surface area contributed by atoms with Crippen LogP contribution in [-0.2, 0) is 0 Å². The first-order chi connectivity index (χ1) is 7.81. The summed E-state index contributed by atoms with van der Waals surface area (Å²) in [6.07, 6.45) is 4.49. The Morgan fingerprint density at radius 3 is 1.82 bits per heavy atom. The number of hydrogen-bond donors (Lipinski definition) is 0. The van der Waals surface area contributed by atoms with Crippen molar-refractivity contribution < 1.29 is 0 Å². The second-order valence-electron chi connectivity index (χ2n) is 6.17. The summed E-state index contributed by atoms with van der Waals surface area (Å²) in [5, 5.41) is 1.50. The van der Waals surface area contributed by atoms with Gasteiger partial charge in [0, 0.05) is 0 Å². The first kappa shape index (κ1) is 14.2. The molecule has 0 amide bonds. The summed E-state index contributed by atoms with van der Waals surface area (Å²) in [7, 11) is -2.44. The SMILES string of the molecule is C[Si](C)(C)/C=C/C=C\[Si](C)(C)c1ccccc1. The van der Waals surface area contributed by atoms with Crippen molar-refractivity contribution >= 4 is 21.3 Å². The van der Waals surface area contributed by atoms with Crippen molar-refractivity contribution in [1.29, 1.82) is 0 Å². The predicted molar refractivity (Wildman–Crippen MR) is 85.2 cm³/mol. The van der Waals surface area contributed by atoms with Crippen LogP contribution >= 0.6 is 0 Å². The molecule has 0 unspecified atom stereocenters. The third-order valence-electron chi connectivity index (χ3n) is 2.74. The summed E-state index contributed by atoms with van der Waals surface area (Å²) in [6, 6.07) is 10.9. The van der Waals surface area contributed by atoms with Crippen LogP contribution in [-0.4, -0.2) is 16.1 Å². The van der Waals surface area contributed by atoms with E-state index in [-0.39, 0.29) is 0 Å². The lowest BCUT2D eigenvalue weighted by atomic mass is 10.4. The fraction of sp³-hybridized carbons (Fsp3) is 0.333. The molecule has 17 heavy (non-hydrogen) atoms. The molecule has 92 valence electrons. The van der Waals surface area contributed by atoms with Crippen molar-refractivity contribution in [1.82, 2.24) is 0 Å². The molecular formula is C15H24Si2. The molecule has 0 saturated carbocycles. The van der Waals surface area contributed by atoms with Gasteiger partial charge in [0.2, 0.25) is 0 Å². The molecule has 0 atom stereocenters. The van der Waals surface area contributed by atoms with Crippen LogP contribution in [0.4, 0.5) is 0 Å². The Morgan fingerprint density at radius 1 is 0.765 bits per heavy atom. The average molecular weight is 261 g/mol. The molecule has 2 heteroatoms. The third kappa shape index (κ3) is 5.33. The van der Waals surface area contributed by atoms with Gasteiger partial charge in [-0.25, -0.2) is 0 Å². The molecule has 0 aliphatic rings. The van der Waals surface area contributed by atoms with E-state index in [0.29, 0.717) is 0 Å². The van der Waals surface area contributed by atoms with E-state index in [0.717, 1.165) is 0 Å². The third-order valence-corrected chi connectivity index (χ3v) is 6.78. The second-order valence-corrected chi connectivity index (χ2v) is 15.6. The molecule has 0 spiro atoms. The van der Waals surface area contributed by atoms with Crippen molar-refractivity contribution in [3.63, 3.8) is 0 Å². The van der Waals surface area contributed by atoms with Crippen LogP contribution in [0.15, 0.2) is 53.9 Å². The average Bonchev–Trinajstić information content (AvgIpc) is 2.25. The van der Waals surface area contributed by atoms with Gasteiger partial charge in [0.1, 0.15) is 8.07 Å². The van der Waals surface area contributed by atoms with Crippen LogP contribution < -0.4 is 5.19 Å². The van der Waals surface area contributed by atoms with Gasteiger partial charge in [-0.1, -0.05) is 91.8 Å². The quantitative estimate of drug-likeness (QED) is 0.564. The van der Waals surface area contributed by atoms with E-state index < -0.39 is 16.1 Å². The molecule has 0 aromatic heterocycles. The predicted octanol–water partition coefficient (Wildman–Crippen LogP) is 4.13. The number of benzene rings is 1. The van der Waals surface area contributed by atoms with E-state index in [4.69, 9.17) is 0 Å². The molecule has 0 fully saturated rings. The van der Waals surface area contributed by atoms with Gasteiger partial charge in [-0.05, 0) is 0 Å². The standard InChI is InChI=1S/C15H24Si2/c1-16(2,3)13-9-10-14-17(4,5)15-11-7-6-8-12-15/h6-14H,1-5H3/b13-9+,14-10-. The first-order valence-corrected chi connectivity index (χ1v) is 12.9. The summed E-state index contributed by atoms with van der Waals surface area (Å²) in [5.41, 5.74) is 4.80. The Hall–Kier alpha value is -0.866. The molecule has 0 nitrogen and oxygen atoms in total. The van der Waals surface area contributed by atoms with E-state index >= 15 is 0 Å². The monoisotopic (exact) mass is 260 g/mol. The Balaban J connectivity index is 2.74. The molecule has 1 rings (SSSR count). The molecule has 0 bridgehead atoms. The van der Waals surface area contributed by atoms with Gasteiger partial charge in [-0.3, -0.25) is 0 Å². The van der Waals surface area contributed by atoms with Gasteiger partial charge in [0.05, 0.1) is 8.07 Å². The van der Waals surface area contributed by atoms with E-state index in [1.807, 2.05) is 0 Å². The minimum Gasteiger partial charge on any atom is -0.0950 e. The fourth-order valence-electron chi connectivity index (χ4n) is 1.60. The summed E-state index contributed by atoms with van der Waals surface area (Å²) in [4.78, 5) is 0. The van der Waals surface area contributed by atoms with Crippen molar-refractivity contribution in [2.75, 3.05) is 0 Å². The zero-order chi connectivity index (χ0) is 12.9. The van der Waals surface area contributed by atoms with Crippen LogP contribution in [0.2, 0.25) is 32.7 Å². The summed E-state index contributed by atoms with van der Waals surface area (Å²) in [6.45, 7) is 11.9. The summed E-state index contributed by atoms with van der Waals surface area (Å²) in [5.74, 6) is 0. The van der Waals surface area contributed by atoms with Gasteiger partial charge in [-0.2, -0.15) is 0 Å². The largest absolute Gasteiger partial charge is 0.104 e. The molecular weight excluding hydrogens is 236 g/mol. The first-order valence-electron chi connectivity index (χ1n) is 6.24. The molecule has 0 heterocycles. The molecule has 0 saturated heterocycles. The van der Waals surface area contributed by atoms with Crippen LogP contribution in [0.3, 0.4) is 0 Å². The van der Waals surface area contributed by atoms with E-state index in [1.54, 1.807) is 0 Å². The van der Waals surface area contributed by atoms with Crippen LogP contribution in [0.25, 0.3) is 0 Å². The van der Waals surface area contributed by atoms with E-state index in [9.17, 15) is 0 Å². The maximum atomic E-state index is 2.42. The van der Waals surface area contributed by atoms with Gasteiger partial charge in [-0.15, -0.1) is 0 Å². The maximum Gasteiger partial charge on any atom is 0.104 e. The zero-order valence-corrected chi connectivity index (χ0v) is 13.7. The fourth-order valence-corrected chi connectivity index (χ4v) is 4.13. The molecule has 1 aromatic carbocycles. The molecule has 0 aliphatic heterocycles. The van der Waals surface area contributed by atoms with Crippen LogP contribution in [0, 0.1) is 0 Å². The van der Waals surface area contributed by atoms with Crippen molar-refractivity contribution in [3.8, 4) is 0 Å². The molecule has 1 aromatic rings. The lowest BCUT2D eigenvalue weighted by Crippen LogP contribution is -2.39. The smallest absolute Gasteiger partial charge is 0.0950 e. The zero-order valence-electron chi connectivity index (χ0n) is 11.7. The lowest BCUT2D eigenvalue weighted by Gasteiger charge is -2.17. The highest BCUT2D eigenvalue weighted by atomic mass is 28.3. The van der Waals surface area contributed by atoms with Gasteiger partial charge < -0.3 is 0 Å². The van der Waals surface area contributed by atoms with Gasteiger partial charge in [0.25, 0.3) is 0 Å². The number of rotatable bonds is 4. The second kappa shape index (κ2) is 5.65. The Kier molecular flexibility index (Phi) is 4.72. The van der Waals surface area contributed by atoms with Crippen molar-refractivity contribution in [2.24, 2.45) is 0 Å². The molecule has 0 aliphatic carbocycles. The lowest BCUT2D eigenvalue weighted by molar-refractivity contribution is 1.70. The highest BCUT2D eigenvalue weighted by molar-refractivity contribution is 6.94. The summed E-state index contributed by atoms with van der Waals surface area (Å²) < 4.78 is 0. The van der Waals surface area contributed by atoms with Crippen LogP contribution in [0.5, 0.6) is 0 Å². The number of hydrogen-bond acceptors (Lipinski definition) is 0. The van der Waals surface area contributed by atoms with E-state index in [1.165, 1.54) is 5.19 Å². The Labute approximate surface area is 108 Å². The number of allylic oxidation sites excluding steroid dienone is 2. The minimum atomic E-state index is -1.39. The van der Waals surface area contributed by atoms with Crippen LogP contribution in [0.1, 0.15) is 0 Å². The Morgan fingerprint density at radius 2 is 1.29 bits per heavy atom. The van der Waals surface area contributed by atoms with Crippen molar-refractivity contribution in [2.45, 2.75) is 32.7 Å². The highest BCUT2D eigenvalue weighted by Crippen LogP contribution is 2.06. The Bertz CT molecular complexity index is 395. The topological polar surface area (TPSA) is 0 Å². The highest BCUT2D eigenvalue weighted by Gasteiger charge is 2.18. The van der Waals surface area contributed by atoms with Crippen molar-refractivity contribution in [3.05, 3.63) is 53.9 Å². The normalized spacial score (nSPS) is 13.7. The molecule has 0 N–H and O–H groups in total. The minimum absolute atomic E-state index is 1.05. The maximum absolute atomic E-state index is 2.42. The molecule has 0 radical (unpaired) electrons. The van der Waals surface area contributed by atoms with Gasteiger partial charge >= 0.3 is 0 Å². The van der Waals surface area contributed by atoms with Gasteiger partial charge in [0.15, 0.2) is 0 Å². The summed E-state index contributed by atoms with van der Waals surface area (Å²) >= 11 is 0. The van der Waals surface area contributed by atoms with E-state index in [2.05, 4.69) is 86.6 Å².